The molecule has 4 heteroatoms. The lowest BCUT2D eigenvalue weighted by molar-refractivity contribution is 0.0337. The molecule has 2 rings (SSSR count). The quantitative estimate of drug-likeness (QED) is 0.860. The van der Waals surface area contributed by atoms with Crippen molar-refractivity contribution in [1.29, 1.82) is 0 Å². The van der Waals surface area contributed by atoms with Crippen molar-refractivity contribution in [3.63, 3.8) is 0 Å². The van der Waals surface area contributed by atoms with Crippen LogP contribution >= 0.6 is 0 Å². The van der Waals surface area contributed by atoms with Gasteiger partial charge in [0.2, 0.25) is 0 Å². The molecule has 1 N–H and O–H groups in total. The number of hydrogen-bond acceptors (Lipinski definition) is 3. The number of hydrogen-bond donors (Lipinski definition) is 1. The van der Waals surface area contributed by atoms with Crippen molar-refractivity contribution >= 4 is 5.97 Å². The lowest BCUT2D eigenvalue weighted by Gasteiger charge is -2.13. The smallest absolute Gasteiger partial charge is 0.338 e. The van der Waals surface area contributed by atoms with E-state index in [1.807, 2.05) is 0 Å². The molecule has 19 heavy (non-hydrogen) atoms. The number of phenolic OH excluding ortho intramolecular Hbond substituents is 1. The zero-order valence-electron chi connectivity index (χ0n) is 10.3. The molecule has 2 aromatic carbocycles. The molecule has 0 saturated heterocycles. The topological polar surface area (TPSA) is 46.5 Å². The van der Waals surface area contributed by atoms with Crippen LogP contribution in [0.25, 0.3) is 0 Å². The number of carbonyl (C=O) groups excluding carboxylic acids is 1. The number of benzene rings is 2. The molecular weight excluding hydrogens is 247 g/mol. The SMILES string of the molecule is C[C@H](OC(=O)c1cccc(O)c1)c1ccc(F)cc1. The predicted octanol–water partition coefficient (Wildman–Crippen LogP) is 3.45. The Labute approximate surface area is 110 Å². The largest absolute Gasteiger partial charge is 0.508 e. The van der Waals surface area contributed by atoms with E-state index >= 15 is 0 Å². The number of carbonyl (C=O) groups is 1. The maximum Gasteiger partial charge on any atom is 0.338 e. The molecule has 0 aliphatic heterocycles. The molecule has 98 valence electrons. The van der Waals surface area contributed by atoms with E-state index in [0.717, 1.165) is 0 Å². The first-order chi connectivity index (χ1) is 9.06. The fraction of sp³-hybridized carbons (Fsp3) is 0.133. The first kappa shape index (κ1) is 13.1. The second-order valence-corrected chi connectivity index (χ2v) is 4.15. The zero-order valence-corrected chi connectivity index (χ0v) is 10.3. The molecule has 0 fully saturated rings. The van der Waals surface area contributed by atoms with E-state index in [4.69, 9.17) is 4.74 Å². The van der Waals surface area contributed by atoms with Gasteiger partial charge in [-0.25, -0.2) is 9.18 Å². The third-order valence-electron chi connectivity index (χ3n) is 2.71. The van der Waals surface area contributed by atoms with Gasteiger partial charge in [0.15, 0.2) is 0 Å². The van der Waals surface area contributed by atoms with Crippen LogP contribution in [0.3, 0.4) is 0 Å². The monoisotopic (exact) mass is 260 g/mol. The number of phenols is 1. The lowest BCUT2D eigenvalue weighted by atomic mass is 10.1. The van der Waals surface area contributed by atoms with Crippen LogP contribution in [0.1, 0.15) is 28.9 Å². The van der Waals surface area contributed by atoms with E-state index in [1.165, 1.54) is 24.3 Å². The third-order valence-corrected chi connectivity index (χ3v) is 2.71. The van der Waals surface area contributed by atoms with Crippen LogP contribution in [0.2, 0.25) is 0 Å². The normalized spacial score (nSPS) is 11.9. The van der Waals surface area contributed by atoms with Crippen molar-refractivity contribution in [2.24, 2.45) is 0 Å². The number of rotatable bonds is 3. The number of ether oxygens (including phenoxy) is 1. The summed E-state index contributed by atoms with van der Waals surface area (Å²) in [6.45, 7) is 1.70. The average Bonchev–Trinajstić information content (AvgIpc) is 2.39. The molecular formula is C15H13FO3. The highest BCUT2D eigenvalue weighted by molar-refractivity contribution is 5.89. The van der Waals surface area contributed by atoms with Crippen LogP contribution in [0.5, 0.6) is 5.75 Å². The van der Waals surface area contributed by atoms with Gasteiger partial charge in [-0.3, -0.25) is 0 Å². The predicted molar refractivity (Wildman–Crippen MR) is 68.3 cm³/mol. The van der Waals surface area contributed by atoms with Crippen molar-refractivity contribution in [2.75, 3.05) is 0 Å². The van der Waals surface area contributed by atoms with Crippen LogP contribution in [0.4, 0.5) is 4.39 Å². The summed E-state index contributed by atoms with van der Waals surface area (Å²) in [5.41, 5.74) is 0.976. The summed E-state index contributed by atoms with van der Waals surface area (Å²) in [6.07, 6.45) is -0.490. The Balaban J connectivity index is 2.08. The molecule has 0 saturated carbocycles. The number of halogens is 1. The summed E-state index contributed by atoms with van der Waals surface area (Å²) >= 11 is 0. The molecule has 0 amide bonds. The molecule has 3 nitrogen and oxygen atoms in total. The van der Waals surface area contributed by atoms with E-state index in [1.54, 1.807) is 31.2 Å². The van der Waals surface area contributed by atoms with Gasteiger partial charge in [0.1, 0.15) is 17.7 Å². The number of esters is 1. The molecule has 0 radical (unpaired) electrons. The van der Waals surface area contributed by atoms with Crippen molar-refractivity contribution in [3.05, 3.63) is 65.5 Å². The zero-order chi connectivity index (χ0) is 13.8. The third kappa shape index (κ3) is 3.31. The molecule has 0 spiro atoms. The van der Waals surface area contributed by atoms with E-state index in [9.17, 15) is 14.3 Å². The van der Waals surface area contributed by atoms with Crippen LogP contribution in [-0.4, -0.2) is 11.1 Å². The molecule has 0 aromatic heterocycles. The molecule has 0 unspecified atom stereocenters. The van der Waals surface area contributed by atoms with Gasteiger partial charge < -0.3 is 9.84 Å². The summed E-state index contributed by atoms with van der Waals surface area (Å²) < 4.78 is 18.0. The first-order valence-corrected chi connectivity index (χ1v) is 5.82. The van der Waals surface area contributed by atoms with E-state index < -0.39 is 12.1 Å². The Morgan fingerprint density at radius 1 is 1.21 bits per heavy atom. The van der Waals surface area contributed by atoms with Crippen molar-refractivity contribution in [2.45, 2.75) is 13.0 Å². The molecule has 1 atom stereocenters. The Kier molecular flexibility index (Phi) is 3.80. The Morgan fingerprint density at radius 3 is 2.53 bits per heavy atom. The highest BCUT2D eigenvalue weighted by Crippen LogP contribution is 2.20. The van der Waals surface area contributed by atoms with Gasteiger partial charge >= 0.3 is 5.97 Å². The minimum atomic E-state index is -0.535. The number of aromatic hydroxyl groups is 1. The molecule has 0 aliphatic carbocycles. The molecule has 0 aliphatic rings. The van der Waals surface area contributed by atoms with Crippen LogP contribution in [-0.2, 0) is 4.74 Å². The minimum Gasteiger partial charge on any atom is -0.508 e. The van der Waals surface area contributed by atoms with Gasteiger partial charge in [0.25, 0.3) is 0 Å². The summed E-state index contributed by atoms with van der Waals surface area (Å²) in [5.74, 6) is -0.869. The highest BCUT2D eigenvalue weighted by atomic mass is 19.1. The van der Waals surface area contributed by atoms with Gasteiger partial charge in [0.05, 0.1) is 5.56 Å². The lowest BCUT2D eigenvalue weighted by Crippen LogP contribution is -2.09. The van der Waals surface area contributed by atoms with Crippen LogP contribution < -0.4 is 0 Å². The van der Waals surface area contributed by atoms with Gasteiger partial charge in [-0.15, -0.1) is 0 Å². The summed E-state index contributed by atoms with van der Waals surface area (Å²) in [4.78, 5) is 11.8. The Morgan fingerprint density at radius 2 is 1.89 bits per heavy atom. The van der Waals surface area contributed by atoms with E-state index in [-0.39, 0.29) is 17.1 Å². The maximum absolute atomic E-state index is 12.8. The average molecular weight is 260 g/mol. The van der Waals surface area contributed by atoms with Crippen LogP contribution in [0.15, 0.2) is 48.5 Å². The molecule has 0 heterocycles. The van der Waals surface area contributed by atoms with Crippen molar-refractivity contribution in [3.8, 4) is 5.75 Å². The van der Waals surface area contributed by atoms with Crippen LogP contribution in [0, 0.1) is 5.82 Å². The van der Waals surface area contributed by atoms with Gasteiger partial charge in [0, 0.05) is 0 Å². The Hall–Kier alpha value is -2.36. The fourth-order valence-corrected chi connectivity index (χ4v) is 1.66. The Bertz CT molecular complexity index is 578. The van der Waals surface area contributed by atoms with E-state index in [2.05, 4.69) is 0 Å². The van der Waals surface area contributed by atoms with Crippen molar-refractivity contribution in [1.82, 2.24) is 0 Å². The maximum atomic E-state index is 12.8. The fourth-order valence-electron chi connectivity index (χ4n) is 1.66. The standard InChI is InChI=1S/C15H13FO3/c1-10(11-5-7-13(16)8-6-11)19-15(18)12-3-2-4-14(17)9-12/h2-10,17H,1H3/t10-/m0/s1. The first-order valence-electron chi connectivity index (χ1n) is 5.82. The van der Waals surface area contributed by atoms with Gasteiger partial charge in [-0.1, -0.05) is 18.2 Å². The van der Waals surface area contributed by atoms with E-state index in [0.29, 0.717) is 5.56 Å². The summed E-state index contributed by atoms with van der Waals surface area (Å²) in [5, 5.41) is 9.29. The summed E-state index contributed by atoms with van der Waals surface area (Å²) in [6, 6.07) is 11.7. The van der Waals surface area contributed by atoms with Gasteiger partial charge in [-0.05, 0) is 42.8 Å². The minimum absolute atomic E-state index is 0.00360. The highest BCUT2D eigenvalue weighted by Gasteiger charge is 2.14. The molecule has 2 aromatic rings. The van der Waals surface area contributed by atoms with Crippen molar-refractivity contribution < 1.29 is 19.0 Å². The second-order valence-electron chi connectivity index (χ2n) is 4.15. The van der Waals surface area contributed by atoms with Gasteiger partial charge in [-0.2, -0.15) is 0 Å². The molecule has 0 bridgehead atoms. The summed E-state index contributed by atoms with van der Waals surface area (Å²) in [7, 11) is 0. The second kappa shape index (κ2) is 5.52.